The molecule has 3 heterocycles. The summed E-state index contributed by atoms with van der Waals surface area (Å²) in [5.74, 6) is 0.314. The maximum absolute atomic E-state index is 13.0. The van der Waals surface area contributed by atoms with Gasteiger partial charge in [-0.05, 0) is 55.9 Å². The predicted molar refractivity (Wildman–Crippen MR) is 127 cm³/mol. The second-order valence-corrected chi connectivity index (χ2v) is 9.55. The van der Waals surface area contributed by atoms with Crippen LogP contribution in [0.25, 0.3) is 0 Å². The number of nitrogens with zero attached hydrogens (tertiary/aromatic N) is 4. The van der Waals surface area contributed by atoms with Crippen molar-refractivity contribution in [2.45, 2.75) is 38.8 Å². The van der Waals surface area contributed by atoms with Crippen molar-refractivity contribution >= 4 is 11.6 Å². The molecule has 0 spiro atoms. The number of rotatable bonds is 6. The zero-order valence-electron chi connectivity index (χ0n) is 19.7. The smallest absolute Gasteiger partial charge is 0.369 e. The van der Waals surface area contributed by atoms with E-state index in [-0.39, 0.29) is 11.8 Å². The highest BCUT2D eigenvalue weighted by Crippen LogP contribution is 2.30. The first kappa shape index (κ1) is 24.5. The van der Waals surface area contributed by atoms with E-state index in [1.165, 1.54) is 23.5 Å². The van der Waals surface area contributed by atoms with Crippen molar-refractivity contribution in [3.8, 4) is 0 Å². The Balaban J connectivity index is 1.22. The van der Waals surface area contributed by atoms with Gasteiger partial charge < -0.3 is 9.80 Å². The van der Waals surface area contributed by atoms with Crippen molar-refractivity contribution in [1.29, 1.82) is 0 Å². The molecule has 2 aromatic rings. The van der Waals surface area contributed by atoms with Crippen LogP contribution in [0.3, 0.4) is 0 Å². The third-order valence-corrected chi connectivity index (χ3v) is 6.93. The lowest BCUT2D eigenvalue weighted by Crippen LogP contribution is -2.48. The number of carbonyl (C=O) groups is 1. The van der Waals surface area contributed by atoms with Gasteiger partial charge in [-0.1, -0.05) is 17.7 Å². The summed E-state index contributed by atoms with van der Waals surface area (Å²) in [6.07, 6.45) is 0.791. The van der Waals surface area contributed by atoms with Gasteiger partial charge in [-0.3, -0.25) is 14.7 Å². The summed E-state index contributed by atoms with van der Waals surface area (Å²) in [4.78, 5) is 23.3. The van der Waals surface area contributed by atoms with E-state index in [1.807, 2.05) is 4.90 Å². The highest BCUT2D eigenvalue weighted by molar-refractivity contribution is 5.76. The average Bonchev–Trinajstić information content (AvgIpc) is 2.83. The summed E-state index contributed by atoms with van der Waals surface area (Å²) in [6, 6.07) is 9.78. The standard InChI is InChI=1S/C26H33F3N4O/c1-20-4-6-24(7-5-20)32-13-11-31(12-14-32)10-8-25(34)33-9-2-3-21(19-33)15-22-16-23(18-30-17-22)26(27,28)29/h4-7,16-18,21H,2-3,8-15,19H2,1H3/t21-/m1/s1. The van der Waals surface area contributed by atoms with E-state index in [2.05, 4.69) is 46.0 Å². The Kier molecular flexibility index (Phi) is 7.76. The summed E-state index contributed by atoms with van der Waals surface area (Å²) >= 11 is 0. The number of aromatic nitrogens is 1. The van der Waals surface area contributed by atoms with Gasteiger partial charge >= 0.3 is 6.18 Å². The molecule has 0 bridgehead atoms. The van der Waals surface area contributed by atoms with Crippen LogP contribution in [0.1, 0.15) is 36.0 Å². The number of hydrogen-bond acceptors (Lipinski definition) is 4. The number of carbonyl (C=O) groups excluding carboxylic acids is 1. The summed E-state index contributed by atoms with van der Waals surface area (Å²) in [7, 11) is 0. The van der Waals surface area contributed by atoms with E-state index in [0.717, 1.165) is 58.3 Å². The van der Waals surface area contributed by atoms with E-state index in [4.69, 9.17) is 0 Å². The number of hydrogen-bond donors (Lipinski definition) is 0. The van der Waals surface area contributed by atoms with E-state index in [9.17, 15) is 18.0 Å². The normalized spacial score (nSPS) is 19.9. The number of alkyl halides is 3. The number of pyridine rings is 1. The molecule has 0 N–H and O–H groups in total. The van der Waals surface area contributed by atoms with Crippen LogP contribution in [-0.2, 0) is 17.4 Å². The van der Waals surface area contributed by atoms with Crippen molar-refractivity contribution in [3.05, 3.63) is 59.4 Å². The fourth-order valence-electron chi connectivity index (χ4n) is 4.94. The monoisotopic (exact) mass is 474 g/mol. The molecule has 0 saturated carbocycles. The number of amides is 1. The zero-order chi connectivity index (χ0) is 24.1. The topological polar surface area (TPSA) is 39.7 Å². The second kappa shape index (κ2) is 10.8. The molecule has 0 unspecified atom stereocenters. The van der Waals surface area contributed by atoms with Gasteiger partial charge in [-0.2, -0.15) is 13.2 Å². The number of aryl methyl sites for hydroxylation is 1. The Bertz CT molecular complexity index is 955. The van der Waals surface area contributed by atoms with E-state index in [1.54, 1.807) is 0 Å². The SMILES string of the molecule is Cc1ccc(N2CCN(CCC(=O)N3CCC[C@H](Cc4cncc(C(F)(F)F)c4)C3)CC2)cc1. The first-order valence-corrected chi connectivity index (χ1v) is 12.1. The molecule has 2 fully saturated rings. The molecule has 0 radical (unpaired) electrons. The molecule has 4 rings (SSSR count). The third-order valence-electron chi connectivity index (χ3n) is 6.93. The Morgan fingerprint density at radius 2 is 1.79 bits per heavy atom. The average molecular weight is 475 g/mol. The molecule has 1 atom stereocenters. The molecule has 0 aliphatic carbocycles. The van der Waals surface area contributed by atoms with Crippen LogP contribution in [0.2, 0.25) is 0 Å². The van der Waals surface area contributed by atoms with Gasteiger partial charge in [0.2, 0.25) is 5.91 Å². The Morgan fingerprint density at radius 1 is 1.06 bits per heavy atom. The molecule has 34 heavy (non-hydrogen) atoms. The number of piperazine rings is 1. The highest BCUT2D eigenvalue weighted by atomic mass is 19.4. The summed E-state index contributed by atoms with van der Waals surface area (Å²) < 4.78 is 38.9. The highest BCUT2D eigenvalue weighted by Gasteiger charge is 2.31. The number of benzene rings is 1. The first-order valence-electron chi connectivity index (χ1n) is 12.1. The second-order valence-electron chi connectivity index (χ2n) is 9.55. The third kappa shape index (κ3) is 6.50. The fraction of sp³-hybridized carbons (Fsp3) is 0.538. The maximum atomic E-state index is 13.0. The lowest BCUT2D eigenvalue weighted by Gasteiger charge is -2.37. The molecular formula is C26H33F3N4O. The minimum atomic E-state index is -4.39. The van der Waals surface area contributed by atoms with E-state index in [0.29, 0.717) is 24.9 Å². The molecule has 1 aromatic carbocycles. The first-order chi connectivity index (χ1) is 16.3. The predicted octanol–water partition coefficient (Wildman–Crippen LogP) is 4.40. The number of anilines is 1. The Hall–Kier alpha value is -2.61. The van der Waals surface area contributed by atoms with Gasteiger partial charge in [-0.25, -0.2) is 0 Å². The van der Waals surface area contributed by atoms with Crippen LogP contribution in [0.4, 0.5) is 18.9 Å². The van der Waals surface area contributed by atoms with Crippen molar-refractivity contribution in [2.24, 2.45) is 5.92 Å². The molecule has 5 nitrogen and oxygen atoms in total. The van der Waals surface area contributed by atoms with Gasteiger partial charge in [0, 0.05) is 70.3 Å². The summed E-state index contributed by atoms with van der Waals surface area (Å²) in [5, 5.41) is 0. The number of likely N-dealkylation sites (tertiary alicyclic amines) is 1. The molecule has 2 aliphatic heterocycles. The van der Waals surface area contributed by atoms with Gasteiger partial charge in [-0.15, -0.1) is 0 Å². The lowest BCUT2D eigenvalue weighted by atomic mass is 9.91. The van der Waals surface area contributed by atoms with E-state index < -0.39 is 11.7 Å². The molecule has 1 amide bonds. The molecule has 184 valence electrons. The minimum Gasteiger partial charge on any atom is -0.369 e. The number of piperidine rings is 1. The van der Waals surface area contributed by atoms with Crippen LogP contribution in [0, 0.1) is 12.8 Å². The summed E-state index contributed by atoms with van der Waals surface area (Å²) in [5.41, 5.74) is 2.38. The maximum Gasteiger partial charge on any atom is 0.417 e. The van der Waals surface area contributed by atoms with Gasteiger partial charge in [0.05, 0.1) is 5.56 Å². The van der Waals surface area contributed by atoms with Crippen molar-refractivity contribution in [3.63, 3.8) is 0 Å². The van der Waals surface area contributed by atoms with Crippen molar-refractivity contribution < 1.29 is 18.0 Å². The van der Waals surface area contributed by atoms with E-state index >= 15 is 0 Å². The lowest BCUT2D eigenvalue weighted by molar-refractivity contribution is -0.138. The minimum absolute atomic E-state index is 0.146. The molecule has 1 aromatic heterocycles. The van der Waals surface area contributed by atoms with Gasteiger partial charge in [0.1, 0.15) is 0 Å². The van der Waals surface area contributed by atoms with Crippen LogP contribution in [0.5, 0.6) is 0 Å². The Labute approximate surface area is 199 Å². The van der Waals surface area contributed by atoms with Gasteiger partial charge in [0.25, 0.3) is 0 Å². The largest absolute Gasteiger partial charge is 0.417 e. The molecule has 2 saturated heterocycles. The van der Waals surface area contributed by atoms with Crippen LogP contribution in [0.15, 0.2) is 42.7 Å². The number of halogens is 3. The van der Waals surface area contributed by atoms with Crippen LogP contribution < -0.4 is 4.90 Å². The summed E-state index contributed by atoms with van der Waals surface area (Å²) in [6.45, 7) is 7.96. The van der Waals surface area contributed by atoms with Crippen LogP contribution >= 0.6 is 0 Å². The Morgan fingerprint density at radius 3 is 2.50 bits per heavy atom. The van der Waals surface area contributed by atoms with Crippen molar-refractivity contribution in [2.75, 3.05) is 50.7 Å². The molecule has 8 heteroatoms. The van der Waals surface area contributed by atoms with Crippen molar-refractivity contribution in [1.82, 2.24) is 14.8 Å². The fourth-order valence-corrected chi connectivity index (χ4v) is 4.94. The zero-order valence-corrected chi connectivity index (χ0v) is 19.7. The molecule has 2 aliphatic rings. The van der Waals surface area contributed by atoms with Crippen LogP contribution in [-0.4, -0.2) is 66.5 Å². The van der Waals surface area contributed by atoms with Gasteiger partial charge in [0.15, 0.2) is 0 Å². The molecular weight excluding hydrogens is 441 g/mol. The quantitative estimate of drug-likeness (QED) is 0.622.